The van der Waals surface area contributed by atoms with Crippen molar-refractivity contribution in [2.45, 2.75) is 44.8 Å². The number of ether oxygens (including phenoxy) is 1. The normalized spacial score (nSPS) is 21.5. The van der Waals surface area contributed by atoms with E-state index in [1.807, 2.05) is 37.9 Å². The SMILES string of the molecule is CC(C)(C)OC(=O)N1CCN(C2(c3ccccn3)CC2)CC1. The first-order valence-electron chi connectivity index (χ1n) is 8.05. The molecule has 1 saturated heterocycles. The first-order chi connectivity index (χ1) is 10.4. The van der Waals surface area contributed by atoms with Gasteiger partial charge in [-0.1, -0.05) is 6.07 Å². The van der Waals surface area contributed by atoms with Crippen LogP contribution in [0.15, 0.2) is 24.4 Å². The zero-order valence-electron chi connectivity index (χ0n) is 13.7. The highest BCUT2D eigenvalue weighted by atomic mass is 16.6. The molecule has 1 aliphatic heterocycles. The van der Waals surface area contributed by atoms with E-state index in [-0.39, 0.29) is 11.6 Å². The fourth-order valence-electron chi connectivity index (χ4n) is 3.13. The molecule has 1 aromatic heterocycles. The summed E-state index contributed by atoms with van der Waals surface area (Å²) in [6.45, 7) is 8.93. The van der Waals surface area contributed by atoms with Crippen LogP contribution in [0.4, 0.5) is 4.79 Å². The molecule has 5 nitrogen and oxygen atoms in total. The van der Waals surface area contributed by atoms with Gasteiger partial charge in [0.1, 0.15) is 5.60 Å². The highest BCUT2D eigenvalue weighted by Crippen LogP contribution is 2.50. The van der Waals surface area contributed by atoms with Gasteiger partial charge in [-0.3, -0.25) is 9.88 Å². The predicted molar refractivity (Wildman–Crippen MR) is 84.5 cm³/mol. The van der Waals surface area contributed by atoms with E-state index >= 15 is 0 Å². The average Bonchev–Trinajstić information content (AvgIpc) is 3.28. The maximum atomic E-state index is 12.1. The van der Waals surface area contributed by atoms with Crippen LogP contribution in [0.25, 0.3) is 0 Å². The molecule has 2 aliphatic rings. The van der Waals surface area contributed by atoms with Crippen molar-refractivity contribution in [1.82, 2.24) is 14.8 Å². The van der Waals surface area contributed by atoms with Crippen molar-refractivity contribution in [2.75, 3.05) is 26.2 Å². The van der Waals surface area contributed by atoms with Gasteiger partial charge in [0.15, 0.2) is 0 Å². The topological polar surface area (TPSA) is 45.7 Å². The van der Waals surface area contributed by atoms with Crippen molar-refractivity contribution in [1.29, 1.82) is 0 Å². The van der Waals surface area contributed by atoms with Crippen molar-refractivity contribution in [3.63, 3.8) is 0 Å². The molecular formula is C17H25N3O2. The fourth-order valence-corrected chi connectivity index (χ4v) is 3.13. The average molecular weight is 303 g/mol. The van der Waals surface area contributed by atoms with E-state index in [1.54, 1.807) is 0 Å². The molecule has 2 fully saturated rings. The van der Waals surface area contributed by atoms with Crippen LogP contribution in [-0.2, 0) is 10.3 Å². The number of carbonyl (C=O) groups is 1. The van der Waals surface area contributed by atoms with Gasteiger partial charge in [0.25, 0.3) is 0 Å². The van der Waals surface area contributed by atoms with E-state index < -0.39 is 5.60 Å². The van der Waals surface area contributed by atoms with E-state index in [2.05, 4.69) is 22.0 Å². The van der Waals surface area contributed by atoms with Crippen LogP contribution in [0.1, 0.15) is 39.3 Å². The fraction of sp³-hybridized carbons (Fsp3) is 0.647. The lowest BCUT2D eigenvalue weighted by Gasteiger charge is -2.39. The molecule has 0 aromatic carbocycles. The summed E-state index contributed by atoms with van der Waals surface area (Å²) in [6.07, 6.45) is 3.99. The van der Waals surface area contributed by atoms with Crippen molar-refractivity contribution in [3.05, 3.63) is 30.1 Å². The minimum atomic E-state index is -0.431. The highest BCUT2D eigenvalue weighted by molar-refractivity contribution is 5.68. The number of hydrogen-bond donors (Lipinski definition) is 0. The number of pyridine rings is 1. The lowest BCUT2D eigenvalue weighted by molar-refractivity contribution is 0.00788. The van der Waals surface area contributed by atoms with E-state index in [9.17, 15) is 4.79 Å². The maximum Gasteiger partial charge on any atom is 0.410 e. The second-order valence-corrected chi connectivity index (χ2v) is 7.20. The molecule has 0 radical (unpaired) electrons. The molecule has 0 bridgehead atoms. The maximum absolute atomic E-state index is 12.1. The zero-order chi connectivity index (χ0) is 15.8. The van der Waals surface area contributed by atoms with Crippen LogP contribution < -0.4 is 0 Å². The summed E-state index contributed by atoms with van der Waals surface area (Å²) in [4.78, 5) is 21.0. The van der Waals surface area contributed by atoms with Gasteiger partial charge >= 0.3 is 6.09 Å². The van der Waals surface area contributed by atoms with Crippen LogP contribution in [0.5, 0.6) is 0 Å². The number of aromatic nitrogens is 1. The molecule has 0 N–H and O–H groups in total. The number of amides is 1. The van der Waals surface area contributed by atoms with E-state index in [4.69, 9.17) is 4.74 Å². The summed E-state index contributed by atoms with van der Waals surface area (Å²) in [5.74, 6) is 0. The molecule has 1 saturated carbocycles. The summed E-state index contributed by atoms with van der Waals surface area (Å²) in [5, 5.41) is 0. The van der Waals surface area contributed by atoms with Crippen LogP contribution in [0, 0.1) is 0 Å². The van der Waals surface area contributed by atoms with Crippen molar-refractivity contribution in [3.8, 4) is 0 Å². The summed E-state index contributed by atoms with van der Waals surface area (Å²) in [5.41, 5.74) is 0.849. The molecule has 5 heteroatoms. The summed E-state index contributed by atoms with van der Waals surface area (Å²) in [7, 11) is 0. The Balaban J connectivity index is 1.60. The Kier molecular flexibility index (Phi) is 3.85. The van der Waals surface area contributed by atoms with Crippen LogP contribution in [0.3, 0.4) is 0 Å². The number of carbonyl (C=O) groups excluding carboxylic acids is 1. The van der Waals surface area contributed by atoms with Gasteiger partial charge in [-0.2, -0.15) is 0 Å². The third-order valence-electron chi connectivity index (χ3n) is 4.40. The van der Waals surface area contributed by atoms with Crippen LogP contribution in [0.2, 0.25) is 0 Å². The van der Waals surface area contributed by atoms with E-state index in [1.165, 1.54) is 5.69 Å². The molecule has 0 atom stereocenters. The Bertz CT molecular complexity index is 527. The Morgan fingerprint density at radius 2 is 1.86 bits per heavy atom. The summed E-state index contributed by atoms with van der Waals surface area (Å²) < 4.78 is 5.45. The molecule has 1 aromatic rings. The van der Waals surface area contributed by atoms with Gasteiger partial charge in [0.05, 0.1) is 11.2 Å². The standard InChI is InChI=1S/C17H25N3O2/c1-16(2,3)22-15(21)19-10-12-20(13-11-19)17(7-8-17)14-6-4-5-9-18-14/h4-6,9H,7-8,10-13H2,1-3H3. The smallest absolute Gasteiger partial charge is 0.410 e. The van der Waals surface area contributed by atoms with Crippen molar-refractivity contribution in [2.24, 2.45) is 0 Å². The Morgan fingerprint density at radius 3 is 2.36 bits per heavy atom. The third kappa shape index (κ3) is 3.09. The van der Waals surface area contributed by atoms with Crippen molar-refractivity contribution >= 4 is 6.09 Å². The Labute approximate surface area is 132 Å². The lowest BCUT2D eigenvalue weighted by Crippen LogP contribution is -2.53. The first-order valence-corrected chi connectivity index (χ1v) is 8.05. The van der Waals surface area contributed by atoms with Gasteiger partial charge in [0.2, 0.25) is 0 Å². The number of nitrogens with zero attached hydrogens (tertiary/aromatic N) is 3. The minimum Gasteiger partial charge on any atom is -0.444 e. The van der Waals surface area contributed by atoms with Gasteiger partial charge in [-0.25, -0.2) is 4.79 Å². The minimum absolute atomic E-state index is 0.112. The summed E-state index contributed by atoms with van der Waals surface area (Å²) >= 11 is 0. The quantitative estimate of drug-likeness (QED) is 0.842. The van der Waals surface area contributed by atoms with E-state index in [0.717, 1.165) is 39.0 Å². The monoisotopic (exact) mass is 303 g/mol. The van der Waals surface area contributed by atoms with Gasteiger partial charge < -0.3 is 9.64 Å². The molecule has 0 spiro atoms. The number of hydrogen-bond acceptors (Lipinski definition) is 4. The molecule has 1 amide bonds. The molecule has 3 rings (SSSR count). The molecule has 2 heterocycles. The van der Waals surface area contributed by atoms with Gasteiger partial charge in [-0.15, -0.1) is 0 Å². The van der Waals surface area contributed by atoms with Crippen LogP contribution >= 0.6 is 0 Å². The predicted octanol–water partition coefficient (Wildman–Crippen LogP) is 2.62. The third-order valence-corrected chi connectivity index (χ3v) is 4.40. The molecule has 120 valence electrons. The Morgan fingerprint density at radius 1 is 1.18 bits per heavy atom. The molecule has 22 heavy (non-hydrogen) atoms. The van der Waals surface area contributed by atoms with E-state index in [0.29, 0.717) is 0 Å². The summed E-state index contributed by atoms with van der Waals surface area (Å²) in [6, 6.07) is 6.13. The molecule has 0 unspecified atom stereocenters. The number of piperazine rings is 1. The molecular weight excluding hydrogens is 278 g/mol. The zero-order valence-corrected chi connectivity index (χ0v) is 13.7. The second-order valence-electron chi connectivity index (χ2n) is 7.20. The van der Waals surface area contributed by atoms with Crippen molar-refractivity contribution < 1.29 is 9.53 Å². The highest BCUT2D eigenvalue weighted by Gasteiger charge is 2.51. The van der Waals surface area contributed by atoms with Gasteiger partial charge in [0, 0.05) is 32.4 Å². The molecule has 1 aliphatic carbocycles. The van der Waals surface area contributed by atoms with Crippen LogP contribution in [-0.4, -0.2) is 52.7 Å². The first kappa shape index (κ1) is 15.3. The number of rotatable bonds is 2. The van der Waals surface area contributed by atoms with Gasteiger partial charge in [-0.05, 0) is 45.7 Å². The second kappa shape index (κ2) is 5.54. The largest absolute Gasteiger partial charge is 0.444 e. The Hall–Kier alpha value is -1.62. The lowest BCUT2D eigenvalue weighted by atomic mass is 10.1.